The van der Waals surface area contributed by atoms with Crippen molar-refractivity contribution >= 4 is 23.2 Å². The van der Waals surface area contributed by atoms with Gasteiger partial charge in [0.15, 0.2) is 0 Å². The first-order valence-electron chi connectivity index (χ1n) is 6.65. The number of aliphatic carboxylic acids is 1. The van der Waals surface area contributed by atoms with Gasteiger partial charge in [0, 0.05) is 13.0 Å². The van der Waals surface area contributed by atoms with E-state index in [4.69, 9.17) is 5.11 Å². The molecule has 1 rings (SSSR count). The molecule has 0 saturated heterocycles. The lowest BCUT2D eigenvalue weighted by molar-refractivity contribution is -0.137. The summed E-state index contributed by atoms with van der Waals surface area (Å²) in [6, 6.07) is 0. The monoisotopic (exact) mass is 298 g/mol. The number of carboxylic acids is 1. The van der Waals surface area contributed by atoms with Gasteiger partial charge in [0.2, 0.25) is 0 Å². The van der Waals surface area contributed by atoms with Gasteiger partial charge in [-0.05, 0) is 32.1 Å². The number of carbonyl (C=O) groups excluding carboxylic acids is 1. The van der Waals surface area contributed by atoms with Crippen LogP contribution < -0.4 is 5.32 Å². The van der Waals surface area contributed by atoms with Crippen LogP contribution in [0.5, 0.6) is 0 Å². The number of hydrogen-bond donors (Lipinski definition) is 2. The van der Waals surface area contributed by atoms with Crippen molar-refractivity contribution in [1.29, 1.82) is 0 Å². The summed E-state index contributed by atoms with van der Waals surface area (Å²) >= 11 is 1.39. The topological polar surface area (TPSA) is 79.3 Å². The number of amides is 1. The quantitative estimate of drug-likeness (QED) is 0.811. The van der Waals surface area contributed by atoms with Crippen molar-refractivity contribution < 1.29 is 14.7 Å². The number of aromatic nitrogens is 1. The Bertz CT molecular complexity index is 495. The lowest BCUT2D eigenvalue weighted by Crippen LogP contribution is -2.28. The predicted molar refractivity (Wildman–Crippen MR) is 79.2 cm³/mol. The fourth-order valence-corrected chi connectivity index (χ4v) is 2.74. The summed E-state index contributed by atoms with van der Waals surface area (Å²) < 4.78 is 0. The van der Waals surface area contributed by atoms with Gasteiger partial charge < -0.3 is 10.4 Å². The number of thiazole rings is 1. The highest BCUT2D eigenvalue weighted by Gasteiger charge is 2.20. The number of nitrogens with zero attached hydrogens (tertiary/aromatic N) is 1. The average Bonchev–Trinajstić information content (AvgIpc) is 2.66. The minimum absolute atomic E-state index is 0.0929. The molecule has 0 radical (unpaired) electrons. The van der Waals surface area contributed by atoms with Crippen molar-refractivity contribution in [2.45, 2.75) is 47.0 Å². The SMILES string of the molecule is Cc1nc(C)c(C(=O)NCCC(C)(C)CCC(=O)O)s1. The number of hydrogen-bond acceptors (Lipinski definition) is 4. The first-order chi connectivity index (χ1) is 9.21. The van der Waals surface area contributed by atoms with Crippen LogP contribution in [-0.2, 0) is 4.79 Å². The lowest BCUT2D eigenvalue weighted by Gasteiger charge is -2.23. The number of carboxylic acid groups (broad SMARTS) is 1. The van der Waals surface area contributed by atoms with E-state index in [9.17, 15) is 9.59 Å². The van der Waals surface area contributed by atoms with Gasteiger partial charge in [-0.3, -0.25) is 9.59 Å². The smallest absolute Gasteiger partial charge is 0.303 e. The Morgan fingerprint density at radius 1 is 1.30 bits per heavy atom. The highest BCUT2D eigenvalue weighted by Crippen LogP contribution is 2.26. The van der Waals surface area contributed by atoms with Crippen molar-refractivity contribution in [3.05, 3.63) is 15.6 Å². The largest absolute Gasteiger partial charge is 0.481 e. The van der Waals surface area contributed by atoms with Crippen LogP contribution >= 0.6 is 11.3 Å². The Hall–Kier alpha value is -1.43. The highest BCUT2D eigenvalue weighted by atomic mass is 32.1. The summed E-state index contributed by atoms with van der Waals surface area (Å²) in [5, 5.41) is 12.5. The van der Waals surface area contributed by atoms with Crippen molar-refractivity contribution in [2.24, 2.45) is 5.41 Å². The zero-order valence-electron chi connectivity index (χ0n) is 12.4. The van der Waals surface area contributed by atoms with Gasteiger partial charge in [-0.2, -0.15) is 0 Å². The fourth-order valence-electron chi connectivity index (χ4n) is 1.91. The summed E-state index contributed by atoms with van der Waals surface area (Å²) in [6.45, 7) is 8.29. The second kappa shape index (κ2) is 6.83. The molecular weight excluding hydrogens is 276 g/mol. The molecule has 112 valence electrons. The van der Waals surface area contributed by atoms with Crippen LogP contribution in [-0.4, -0.2) is 28.5 Å². The Morgan fingerprint density at radius 3 is 2.45 bits per heavy atom. The number of aryl methyl sites for hydroxylation is 2. The third-order valence-corrected chi connectivity index (χ3v) is 4.28. The maximum absolute atomic E-state index is 12.0. The normalized spacial score (nSPS) is 11.4. The average molecular weight is 298 g/mol. The zero-order valence-corrected chi connectivity index (χ0v) is 13.3. The standard InChI is InChI=1S/C14H22N2O3S/c1-9-12(20-10(2)16-9)13(19)15-8-7-14(3,4)6-5-11(17)18/h5-8H2,1-4H3,(H,15,19)(H,17,18). The van der Waals surface area contributed by atoms with Gasteiger partial charge in [-0.15, -0.1) is 11.3 Å². The van der Waals surface area contributed by atoms with E-state index < -0.39 is 5.97 Å². The molecule has 20 heavy (non-hydrogen) atoms. The van der Waals surface area contributed by atoms with Crippen molar-refractivity contribution in [2.75, 3.05) is 6.54 Å². The van der Waals surface area contributed by atoms with Gasteiger partial charge in [-0.1, -0.05) is 13.8 Å². The third-order valence-electron chi connectivity index (χ3n) is 3.21. The van der Waals surface area contributed by atoms with E-state index in [1.807, 2.05) is 27.7 Å². The summed E-state index contributed by atoms with van der Waals surface area (Å²) in [5.74, 6) is -0.875. The summed E-state index contributed by atoms with van der Waals surface area (Å²) in [6.07, 6.45) is 1.52. The van der Waals surface area contributed by atoms with Crippen LogP contribution in [0, 0.1) is 19.3 Å². The predicted octanol–water partition coefficient (Wildman–Crippen LogP) is 2.77. The Balaban J connectivity index is 2.42. The van der Waals surface area contributed by atoms with E-state index in [-0.39, 0.29) is 17.7 Å². The van der Waals surface area contributed by atoms with E-state index >= 15 is 0 Å². The first-order valence-corrected chi connectivity index (χ1v) is 7.47. The zero-order chi connectivity index (χ0) is 15.3. The van der Waals surface area contributed by atoms with Crippen molar-refractivity contribution in [3.63, 3.8) is 0 Å². The molecule has 1 aromatic rings. The van der Waals surface area contributed by atoms with Gasteiger partial charge in [-0.25, -0.2) is 4.98 Å². The van der Waals surface area contributed by atoms with Crippen LogP contribution in [0.15, 0.2) is 0 Å². The molecule has 0 unspecified atom stereocenters. The molecule has 1 amide bonds. The highest BCUT2D eigenvalue weighted by molar-refractivity contribution is 7.13. The molecule has 0 bridgehead atoms. The van der Waals surface area contributed by atoms with Gasteiger partial charge in [0.05, 0.1) is 10.7 Å². The Labute approximate surface area is 123 Å². The van der Waals surface area contributed by atoms with Crippen LogP contribution in [0.25, 0.3) is 0 Å². The maximum atomic E-state index is 12.0. The summed E-state index contributed by atoms with van der Waals surface area (Å²) in [4.78, 5) is 27.5. The minimum Gasteiger partial charge on any atom is -0.481 e. The Kier molecular flexibility index (Phi) is 5.68. The first kappa shape index (κ1) is 16.6. The molecule has 2 N–H and O–H groups in total. The molecule has 1 aromatic heterocycles. The van der Waals surface area contributed by atoms with Gasteiger partial charge in [0.25, 0.3) is 5.91 Å². The molecule has 0 aliphatic rings. The van der Waals surface area contributed by atoms with Crippen molar-refractivity contribution in [3.8, 4) is 0 Å². The van der Waals surface area contributed by atoms with Crippen molar-refractivity contribution in [1.82, 2.24) is 10.3 Å². The van der Waals surface area contributed by atoms with E-state index in [2.05, 4.69) is 10.3 Å². The molecule has 0 aliphatic carbocycles. The second-order valence-electron chi connectivity index (χ2n) is 5.71. The van der Waals surface area contributed by atoms with Crippen LogP contribution in [0.2, 0.25) is 0 Å². The third kappa shape index (κ3) is 5.28. The van der Waals surface area contributed by atoms with E-state index in [1.165, 1.54) is 11.3 Å². The molecular formula is C14H22N2O3S. The molecule has 0 spiro atoms. The number of nitrogens with one attached hydrogen (secondary N) is 1. The second-order valence-corrected chi connectivity index (χ2v) is 6.91. The fraction of sp³-hybridized carbons (Fsp3) is 0.643. The van der Waals surface area contributed by atoms with Crippen LogP contribution in [0.3, 0.4) is 0 Å². The summed E-state index contributed by atoms with van der Waals surface area (Å²) in [5.41, 5.74) is 0.666. The van der Waals surface area contributed by atoms with Crippen LogP contribution in [0.1, 0.15) is 53.5 Å². The van der Waals surface area contributed by atoms with Crippen LogP contribution in [0.4, 0.5) is 0 Å². The minimum atomic E-state index is -0.780. The summed E-state index contributed by atoms with van der Waals surface area (Å²) in [7, 11) is 0. The van der Waals surface area contributed by atoms with Gasteiger partial charge in [0.1, 0.15) is 4.88 Å². The lowest BCUT2D eigenvalue weighted by atomic mass is 9.84. The maximum Gasteiger partial charge on any atom is 0.303 e. The molecule has 0 saturated carbocycles. The molecule has 1 heterocycles. The molecule has 0 fully saturated rings. The molecule has 5 nitrogen and oxygen atoms in total. The number of rotatable bonds is 7. The Morgan fingerprint density at radius 2 is 1.95 bits per heavy atom. The molecule has 0 aromatic carbocycles. The molecule has 0 atom stereocenters. The number of carbonyl (C=O) groups is 2. The van der Waals surface area contributed by atoms with E-state index in [1.54, 1.807) is 0 Å². The van der Waals surface area contributed by atoms with E-state index in [0.717, 1.165) is 17.1 Å². The van der Waals surface area contributed by atoms with Gasteiger partial charge >= 0.3 is 5.97 Å². The van der Waals surface area contributed by atoms with E-state index in [0.29, 0.717) is 17.8 Å². The molecule has 6 heteroatoms. The molecule has 0 aliphatic heterocycles.